The van der Waals surface area contributed by atoms with Gasteiger partial charge in [-0.15, -0.1) is 0 Å². The molecule has 0 fully saturated rings. The van der Waals surface area contributed by atoms with E-state index in [1.807, 2.05) is 6.92 Å². The summed E-state index contributed by atoms with van der Waals surface area (Å²) < 4.78 is 38.8. The molecule has 0 heterocycles. The molecule has 4 nitrogen and oxygen atoms in total. The van der Waals surface area contributed by atoms with Gasteiger partial charge in [0, 0.05) is 32.1 Å². The summed E-state index contributed by atoms with van der Waals surface area (Å²) in [6.07, 6.45) is -2.83. The molecule has 24 heavy (non-hydrogen) atoms. The number of nitrogens with zero attached hydrogens (tertiary/aromatic N) is 1. The van der Waals surface area contributed by atoms with Crippen molar-refractivity contribution in [1.29, 1.82) is 0 Å². The van der Waals surface area contributed by atoms with E-state index in [4.69, 9.17) is 11.6 Å². The van der Waals surface area contributed by atoms with Crippen molar-refractivity contribution in [2.45, 2.75) is 39.3 Å². The molecule has 0 aliphatic rings. The first-order valence-electron chi connectivity index (χ1n) is 7.58. The van der Waals surface area contributed by atoms with Gasteiger partial charge >= 0.3 is 6.18 Å². The Balaban J connectivity index is 2.86. The number of carbonyl (C=O) groups excluding carboxylic acids is 2. The lowest BCUT2D eigenvalue weighted by molar-refractivity contribution is -0.137. The van der Waals surface area contributed by atoms with Crippen LogP contribution >= 0.6 is 11.6 Å². The molecule has 1 aromatic carbocycles. The van der Waals surface area contributed by atoms with Gasteiger partial charge in [-0.1, -0.05) is 24.9 Å². The first kappa shape index (κ1) is 20.3. The SMILES string of the molecule is CCCCNC(=O)CCN(C(C)=O)c1ccc(Cl)c(C(F)(F)F)c1. The van der Waals surface area contributed by atoms with Crippen LogP contribution in [0, 0.1) is 0 Å². The van der Waals surface area contributed by atoms with Crippen LogP contribution in [0.25, 0.3) is 0 Å². The Kier molecular flexibility index (Phi) is 7.54. The van der Waals surface area contributed by atoms with Crippen molar-refractivity contribution < 1.29 is 22.8 Å². The number of hydrogen-bond acceptors (Lipinski definition) is 2. The van der Waals surface area contributed by atoms with Crippen LogP contribution in [0.4, 0.5) is 18.9 Å². The molecule has 1 rings (SSSR count). The highest BCUT2D eigenvalue weighted by molar-refractivity contribution is 6.31. The van der Waals surface area contributed by atoms with Gasteiger partial charge in [-0.05, 0) is 24.6 Å². The fourth-order valence-electron chi connectivity index (χ4n) is 2.07. The summed E-state index contributed by atoms with van der Waals surface area (Å²) in [4.78, 5) is 24.6. The lowest BCUT2D eigenvalue weighted by atomic mass is 10.1. The third-order valence-corrected chi connectivity index (χ3v) is 3.69. The van der Waals surface area contributed by atoms with Gasteiger partial charge in [-0.3, -0.25) is 9.59 Å². The fourth-order valence-corrected chi connectivity index (χ4v) is 2.30. The Labute approximate surface area is 144 Å². The van der Waals surface area contributed by atoms with E-state index in [1.165, 1.54) is 13.0 Å². The molecule has 0 saturated heterocycles. The first-order chi connectivity index (χ1) is 11.2. The van der Waals surface area contributed by atoms with Gasteiger partial charge < -0.3 is 10.2 Å². The van der Waals surface area contributed by atoms with E-state index < -0.39 is 22.7 Å². The Morgan fingerprint density at radius 2 is 1.96 bits per heavy atom. The van der Waals surface area contributed by atoms with Gasteiger partial charge in [-0.25, -0.2) is 0 Å². The summed E-state index contributed by atoms with van der Waals surface area (Å²) in [5.74, 6) is -0.702. The van der Waals surface area contributed by atoms with Crippen molar-refractivity contribution in [2.24, 2.45) is 0 Å². The molecule has 0 spiro atoms. The van der Waals surface area contributed by atoms with Gasteiger partial charge in [0.05, 0.1) is 10.6 Å². The van der Waals surface area contributed by atoms with Crippen molar-refractivity contribution >= 4 is 29.1 Å². The van der Waals surface area contributed by atoms with Crippen LogP contribution in [-0.4, -0.2) is 24.9 Å². The highest BCUT2D eigenvalue weighted by atomic mass is 35.5. The number of benzene rings is 1. The maximum Gasteiger partial charge on any atom is 0.417 e. The largest absolute Gasteiger partial charge is 0.417 e. The molecule has 0 aromatic heterocycles. The predicted octanol–water partition coefficient (Wildman–Crippen LogP) is 4.02. The molecule has 0 aliphatic carbocycles. The molecule has 8 heteroatoms. The molecule has 0 bridgehead atoms. The van der Waals surface area contributed by atoms with E-state index in [1.54, 1.807) is 0 Å². The van der Waals surface area contributed by atoms with Crippen molar-refractivity contribution in [3.63, 3.8) is 0 Å². The zero-order chi connectivity index (χ0) is 18.3. The smallest absolute Gasteiger partial charge is 0.356 e. The number of halogens is 4. The molecule has 134 valence electrons. The molecule has 1 N–H and O–H groups in total. The van der Waals surface area contributed by atoms with Gasteiger partial charge in [0.1, 0.15) is 0 Å². The molecular formula is C16H20ClF3N2O2. The van der Waals surface area contributed by atoms with Crippen molar-refractivity contribution in [1.82, 2.24) is 5.32 Å². The quantitative estimate of drug-likeness (QED) is 0.743. The molecule has 0 saturated carbocycles. The van der Waals surface area contributed by atoms with Crippen molar-refractivity contribution in [2.75, 3.05) is 18.0 Å². The van der Waals surface area contributed by atoms with Crippen LogP contribution in [-0.2, 0) is 15.8 Å². The van der Waals surface area contributed by atoms with Crippen molar-refractivity contribution in [3.8, 4) is 0 Å². The van der Waals surface area contributed by atoms with Crippen LogP contribution in [0.1, 0.15) is 38.7 Å². The predicted molar refractivity (Wildman–Crippen MR) is 87.0 cm³/mol. The molecule has 0 unspecified atom stereocenters. The van der Waals surface area contributed by atoms with Crippen molar-refractivity contribution in [3.05, 3.63) is 28.8 Å². The van der Waals surface area contributed by atoms with E-state index in [2.05, 4.69) is 5.32 Å². The minimum atomic E-state index is -4.62. The normalized spacial score (nSPS) is 11.2. The van der Waals surface area contributed by atoms with Crippen LogP contribution < -0.4 is 10.2 Å². The number of hydrogen-bond donors (Lipinski definition) is 1. The molecule has 2 amide bonds. The second-order valence-electron chi connectivity index (χ2n) is 5.29. The lowest BCUT2D eigenvalue weighted by Gasteiger charge is -2.22. The Bertz CT molecular complexity index is 591. The topological polar surface area (TPSA) is 49.4 Å². The highest BCUT2D eigenvalue weighted by Gasteiger charge is 2.34. The summed E-state index contributed by atoms with van der Waals surface area (Å²) >= 11 is 5.58. The Morgan fingerprint density at radius 3 is 2.50 bits per heavy atom. The van der Waals surface area contributed by atoms with Crippen LogP contribution in [0.15, 0.2) is 18.2 Å². The van der Waals surface area contributed by atoms with Crippen LogP contribution in [0.3, 0.4) is 0 Å². The highest BCUT2D eigenvalue weighted by Crippen LogP contribution is 2.37. The lowest BCUT2D eigenvalue weighted by Crippen LogP contribution is -2.34. The Morgan fingerprint density at radius 1 is 1.29 bits per heavy atom. The van der Waals surface area contributed by atoms with E-state index >= 15 is 0 Å². The fraction of sp³-hybridized carbons (Fsp3) is 0.500. The number of amides is 2. The summed E-state index contributed by atoms with van der Waals surface area (Å²) in [6, 6.07) is 3.24. The number of nitrogens with one attached hydrogen (secondary N) is 1. The number of anilines is 1. The van der Waals surface area contributed by atoms with E-state index in [0.717, 1.165) is 29.9 Å². The number of carbonyl (C=O) groups is 2. The summed E-state index contributed by atoms with van der Waals surface area (Å²) in [7, 11) is 0. The molecular weight excluding hydrogens is 345 g/mol. The van der Waals surface area contributed by atoms with Gasteiger partial charge in [-0.2, -0.15) is 13.2 Å². The number of unbranched alkanes of at least 4 members (excludes halogenated alkanes) is 1. The summed E-state index contributed by atoms with van der Waals surface area (Å²) in [5, 5.41) is 2.26. The maximum atomic E-state index is 12.9. The number of rotatable bonds is 7. The second-order valence-corrected chi connectivity index (χ2v) is 5.69. The van der Waals surface area contributed by atoms with E-state index in [0.29, 0.717) is 6.54 Å². The van der Waals surface area contributed by atoms with E-state index in [9.17, 15) is 22.8 Å². The average molecular weight is 365 g/mol. The molecule has 0 atom stereocenters. The minimum Gasteiger partial charge on any atom is -0.356 e. The molecule has 1 aromatic rings. The van der Waals surface area contributed by atoms with E-state index in [-0.39, 0.29) is 24.6 Å². The second kappa shape index (κ2) is 8.92. The minimum absolute atomic E-state index is 0.00721. The maximum absolute atomic E-state index is 12.9. The first-order valence-corrected chi connectivity index (χ1v) is 7.96. The van der Waals surface area contributed by atoms with Gasteiger partial charge in [0.2, 0.25) is 11.8 Å². The Hall–Kier alpha value is -1.76. The zero-order valence-corrected chi connectivity index (χ0v) is 14.3. The third kappa shape index (κ3) is 6.03. The number of alkyl halides is 3. The monoisotopic (exact) mass is 364 g/mol. The standard InChI is InChI=1S/C16H20ClF3N2O2/c1-3-4-8-21-15(24)7-9-22(11(2)23)12-5-6-14(17)13(10-12)16(18,19)20/h5-6,10H,3-4,7-9H2,1-2H3,(H,21,24). The molecule has 0 aliphatic heterocycles. The van der Waals surface area contributed by atoms with Gasteiger partial charge in [0.15, 0.2) is 0 Å². The van der Waals surface area contributed by atoms with Crippen LogP contribution in [0.5, 0.6) is 0 Å². The summed E-state index contributed by atoms with van der Waals surface area (Å²) in [5.41, 5.74) is -0.958. The third-order valence-electron chi connectivity index (χ3n) is 3.36. The van der Waals surface area contributed by atoms with Crippen LogP contribution in [0.2, 0.25) is 5.02 Å². The van der Waals surface area contributed by atoms with Gasteiger partial charge in [0.25, 0.3) is 0 Å². The molecule has 0 radical (unpaired) electrons. The average Bonchev–Trinajstić information content (AvgIpc) is 2.47. The summed E-state index contributed by atoms with van der Waals surface area (Å²) in [6.45, 7) is 3.75. The zero-order valence-electron chi connectivity index (χ0n) is 13.5.